The lowest BCUT2D eigenvalue weighted by Crippen LogP contribution is -1.75. The first-order valence-corrected chi connectivity index (χ1v) is 3.27. The quantitative estimate of drug-likeness (QED) is 0.479. The lowest BCUT2D eigenvalue weighted by molar-refractivity contribution is -0.107. The van der Waals surface area contributed by atoms with E-state index < -0.39 is 0 Å². The fourth-order valence-electron chi connectivity index (χ4n) is 0.247. The van der Waals surface area contributed by atoms with Gasteiger partial charge in [0.2, 0.25) is 0 Å². The van der Waals surface area contributed by atoms with Crippen LogP contribution >= 0.6 is 15.9 Å². The predicted molar refractivity (Wildman–Crippen MR) is 33.7 cm³/mol. The highest BCUT2D eigenvalue weighted by atomic mass is 79.9. The molecule has 0 rings (SSSR count). The Balaban J connectivity index is 3.44. The van der Waals surface area contributed by atoms with Crippen molar-refractivity contribution in [3.05, 3.63) is 11.9 Å². The van der Waals surface area contributed by atoms with E-state index in [1.807, 2.05) is 0 Å². The van der Waals surface area contributed by atoms with Gasteiger partial charge in [-0.15, -0.1) is 0 Å². The minimum absolute atomic E-state index is 0.106. The fraction of sp³-hybridized carbons (Fsp3) is 0.400. The van der Waals surface area contributed by atoms with E-state index in [9.17, 15) is 9.18 Å². The van der Waals surface area contributed by atoms with Gasteiger partial charge in [-0.2, -0.15) is 0 Å². The van der Waals surface area contributed by atoms with Gasteiger partial charge in [0.15, 0.2) is 0 Å². The molecule has 8 heavy (non-hydrogen) atoms. The van der Waals surface area contributed by atoms with Crippen LogP contribution in [0.2, 0.25) is 0 Å². The molecule has 0 fully saturated rings. The van der Waals surface area contributed by atoms with E-state index in [0.717, 1.165) is 0 Å². The molecule has 46 valence electrons. The van der Waals surface area contributed by atoms with Crippen molar-refractivity contribution in [2.45, 2.75) is 6.42 Å². The first-order valence-electron chi connectivity index (χ1n) is 2.15. The zero-order valence-electron chi connectivity index (χ0n) is 4.23. The topological polar surface area (TPSA) is 17.1 Å². The SMILES string of the molecule is O=CC/C(F)=C\CBr. The lowest BCUT2D eigenvalue weighted by atomic mass is 10.4. The van der Waals surface area contributed by atoms with Crippen LogP contribution in [0.1, 0.15) is 6.42 Å². The average Bonchev–Trinajstić information content (AvgIpc) is 1.68. The molecule has 0 spiro atoms. The van der Waals surface area contributed by atoms with E-state index in [-0.39, 0.29) is 12.2 Å². The number of hydrogen-bond acceptors (Lipinski definition) is 1. The number of carbonyl (C=O) groups is 1. The summed E-state index contributed by atoms with van der Waals surface area (Å²) < 4.78 is 12.0. The van der Waals surface area contributed by atoms with E-state index in [2.05, 4.69) is 15.9 Å². The Morgan fingerprint density at radius 3 is 2.75 bits per heavy atom. The highest BCUT2D eigenvalue weighted by Crippen LogP contribution is 2.00. The molecule has 3 heteroatoms. The number of hydrogen-bond donors (Lipinski definition) is 0. The van der Waals surface area contributed by atoms with Gasteiger partial charge in [0.1, 0.15) is 12.1 Å². The minimum atomic E-state index is -0.378. The maximum absolute atomic E-state index is 12.0. The molecule has 0 bridgehead atoms. The normalized spacial score (nSPS) is 11.5. The van der Waals surface area contributed by atoms with Crippen LogP contribution in [0, 0.1) is 0 Å². The van der Waals surface area contributed by atoms with Gasteiger partial charge in [0.25, 0.3) is 0 Å². The van der Waals surface area contributed by atoms with Crippen LogP contribution in [0.15, 0.2) is 11.9 Å². The molecule has 0 aromatic heterocycles. The molecular weight excluding hydrogens is 175 g/mol. The number of alkyl halides is 1. The fourth-order valence-corrected chi connectivity index (χ4v) is 0.598. The number of aldehydes is 1. The second kappa shape index (κ2) is 4.97. The smallest absolute Gasteiger partial charge is 0.126 e. The summed E-state index contributed by atoms with van der Waals surface area (Å²) in [4.78, 5) is 9.59. The molecular formula is C5H6BrFO. The van der Waals surface area contributed by atoms with Crippen LogP contribution in [0.5, 0.6) is 0 Å². The molecule has 0 radical (unpaired) electrons. The number of halogens is 2. The van der Waals surface area contributed by atoms with E-state index in [0.29, 0.717) is 11.6 Å². The second-order valence-corrected chi connectivity index (χ2v) is 1.82. The van der Waals surface area contributed by atoms with Crippen LogP contribution < -0.4 is 0 Å². The van der Waals surface area contributed by atoms with Gasteiger partial charge in [-0.25, -0.2) is 4.39 Å². The van der Waals surface area contributed by atoms with Crippen molar-refractivity contribution < 1.29 is 9.18 Å². The predicted octanol–water partition coefficient (Wildman–Crippen LogP) is 1.82. The summed E-state index contributed by atoms with van der Waals surface area (Å²) in [5.74, 6) is -0.378. The summed E-state index contributed by atoms with van der Waals surface area (Å²) in [6.07, 6.45) is 1.74. The zero-order chi connectivity index (χ0) is 6.41. The molecule has 0 aromatic rings. The minimum Gasteiger partial charge on any atom is -0.303 e. The molecule has 0 N–H and O–H groups in total. The van der Waals surface area contributed by atoms with E-state index in [1.165, 1.54) is 6.08 Å². The first kappa shape index (κ1) is 7.82. The third-order valence-electron chi connectivity index (χ3n) is 0.577. The second-order valence-electron chi connectivity index (χ2n) is 1.18. The van der Waals surface area contributed by atoms with E-state index >= 15 is 0 Å². The molecule has 0 saturated heterocycles. The first-order chi connectivity index (χ1) is 3.81. The van der Waals surface area contributed by atoms with Crippen molar-refractivity contribution in [2.75, 3.05) is 5.33 Å². The molecule has 1 nitrogen and oxygen atoms in total. The Morgan fingerprint density at radius 2 is 2.38 bits per heavy atom. The standard InChI is InChI=1S/C5H6BrFO/c6-3-1-5(7)2-4-8/h1,4H,2-3H2/b5-1+. The van der Waals surface area contributed by atoms with Gasteiger partial charge < -0.3 is 4.79 Å². The van der Waals surface area contributed by atoms with Crippen LogP contribution in [0.25, 0.3) is 0 Å². The Bertz CT molecular complexity index is 101. The zero-order valence-corrected chi connectivity index (χ0v) is 5.82. The molecule has 0 aliphatic carbocycles. The summed E-state index contributed by atoms with van der Waals surface area (Å²) in [5, 5.41) is 0.465. The average molecular weight is 181 g/mol. The van der Waals surface area contributed by atoms with Gasteiger partial charge in [-0.3, -0.25) is 0 Å². The molecule has 0 unspecified atom stereocenters. The summed E-state index contributed by atoms with van der Waals surface area (Å²) in [6.45, 7) is 0. The van der Waals surface area contributed by atoms with Gasteiger partial charge in [0, 0.05) is 5.33 Å². The maximum atomic E-state index is 12.0. The Morgan fingerprint density at radius 1 is 1.75 bits per heavy atom. The molecule has 0 aromatic carbocycles. The van der Waals surface area contributed by atoms with Crippen LogP contribution in [0.4, 0.5) is 4.39 Å². The number of allylic oxidation sites excluding steroid dienone is 2. The van der Waals surface area contributed by atoms with Crippen molar-refractivity contribution in [3.8, 4) is 0 Å². The van der Waals surface area contributed by atoms with Crippen LogP contribution in [-0.2, 0) is 4.79 Å². The highest BCUT2D eigenvalue weighted by molar-refractivity contribution is 9.09. The van der Waals surface area contributed by atoms with Crippen molar-refractivity contribution in [1.29, 1.82) is 0 Å². The molecule has 0 atom stereocenters. The molecule has 0 amide bonds. The molecule has 0 heterocycles. The summed E-state index contributed by atoms with van der Waals surface area (Å²) in [7, 11) is 0. The van der Waals surface area contributed by atoms with Gasteiger partial charge in [0.05, 0.1) is 6.42 Å². The highest BCUT2D eigenvalue weighted by Gasteiger charge is 1.88. The summed E-state index contributed by atoms with van der Waals surface area (Å²) in [6, 6.07) is 0. The lowest BCUT2D eigenvalue weighted by Gasteiger charge is -1.82. The number of carbonyl (C=O) groups excluding carboxylic acids is 1. The molecule has 0 aliphatic heterocycles. The maximum Gasteiger partial charge on any atom is 0.126 e. The Labute approximate surface area is 55.7 Å². The van der Waals surface area contributed by atoms with Crippen LogP contribution in [0.3, 0.4) is 0 Å². The van der Waals surface area contributed by atoms with Gasteiger partial charge >= 0.3 is 0 Å². The molecule has 0 saturated carbocycles. The summed E-state index contributed by atoms with van der Waals surface area (Å²) >= 11 is 2.99. The van der Waals surface area contributed by atoms with Crippen LogP contribution in [-0.4, -0.2) is 11.6 Å². The largest absolute Gasteiger partial charge is 0.303 e. The summed E-state index contributed by atoms with van der Waals surface area (Å²) in [5.41, 5.74) is 0. The van der Waals surface area contributed by atoms with E-state index in [4.69, 9.17) is 0 Å². The Hall–Kier alpha value is -0.180. The van der Waals surface area contributed by atoms with Crippen molar-refractivity contribution in [2.24, 2.45) is 0 Å². The Kier molecular flexibility index (Phi) is 4.85. The number of rotatable bonds is 3. The van der Waals surface area contributed by atoms with Crippen molar-refractivity contribution in [3.63, 3.8) is 0 Å². The third kappa shape index (κ3) is 3.99. The van der Waals surface area contributed by atoms with E-state index in [1.54, 1.807) is 0 Å². The monoisotopic (exact) mass is 180 g/mol. The third-order valence-corrected chi connectivity index (χ3v) is 0.901. The van der Waals surface area contributed by atoms with Gasteiger partial charge in [-0.1, -0.05) is 15.9 Å². The van der Waals surface area contributed by atoms with Gasteiger partial charge in [-0.05, 0) is 6.08 Å². The molecule has 0 aliphatic rings. The van der Waals surface area contributed by atoms with Crippen molar-refractivity contribution in [1.82, 2.24) is 0 Å². The van der Waals surface area contributed by atoms with Crippen molar-refractivity contribution >= 4 is 22.2 Å².